The Bertz CT molecular complexity index is 755. The summed E-state index contributed by atoms with van der Waals surface area (Å²) in [4.78, 5) is 25.1. The Morgan fingerprint density at radius 2 is 2.07 bits per heavy atom. The molecule has 3 rings (SSSR count). The fourth-order valence-corrected chi connectivity index (χ4v) is 3.67. The number of urea groups is 1. The lowest BCUT2D eigenvalue weighted by Gasteiger charge is -2.32. The molecule has 1 aromatic rings. The number of primary amides is 1. The van der Waals surface area contributed by atoms with Crippen molar-refractivity contribution in [2.75, 3.05) is 13.2 Å². The normalized spacial score (nSPS) is 23.5. The first kappa shape index (κ1) is 20.7. The molecule has 1 saturated carbocycles. The van der Waals surface area contributed by atoms with E-state index in [9.17, 15) is 22.8 Å². The maximum atomic E-state index is 13.5. The zero-order valence-corrected chi connectivity index (χ0v) is 15.7. The van der Waals surface area contributed by atoms with Gasteiger partial charge in [0.25, 0.3) is 0 Å². The summed E-state index contributed by atoms with van der Waals surface area (Å²) in [5, 5.41) is 2.36. The number of rotatable bonds is 6. The number of carbonyl (C=O) groups excluding carboxylic acids is 2. The second kappa shape index (κ2) is 8.16. The van der Waals surface area contributed by atoms with E-state index in [0.29, 0.717) is 5.56 Å². The highest BCUT2D eigenvalue weighted by Gasteiger charge is 2.39. The minimum absolute atomic E-state index is 0.00288. The Balaban J connectivity index is 1.76. The van der Waals surface area contributed by atoms with Crippen molar-refractivity contribution < 1.29 is 27.5 Å². The van der Waals surface area contributed by atoms with Crippen LogP contribution in [0.2, 0.25) is 5.02 Å². The minimum atomic E-state index is -2.67. The topological polar surface area (TPSA) is 84.7 Å². The number of hydrogen-bond acceptors (Lipinski definition) is 3. The molecule has 1 aromatic carbocycles. The smallest absolute Gasteiger partial charge is 0.318 e. The van der Waals surface area contributed by atoms with Gasteiger partial charge in [0.15, 0.2) is 0 Å². The number of alkyl halides is 2. The van der Waals surface area contributed by atoms with Crippen LogP contribution in [0.15, 0.2) is 18.2 Å². The quantitative estimate of drug-likeness (QED) is 0.743. The van der Waals surface area contributed by atoms with E-state index in [0.717, 1.165) is 0 Å². The van der Waals surface area contributed by atoms with Gasteiger partial charge in [0.1, 0.15) is 11.9 Å². The number of benzene rings is 1. The summed E-state index contributed by atoms with van der Waals surface area (Å²) in [5.74, 6) is -3.96. The van der Waals surface area contributed by atoms with Crippen molar-refractivity contribution >= 4 is 23.5 Å². The summed E-state index contributed by atoms with van der Waals surface area (Å²) in [7, 11) is 0. The second-order valence-corrected chi connectivity index (χ2v) is 7.54. The summed E-state index contributed by atoms with van der Waals surface area (Å²) in [5.41, 5.74) is 5.78. The molecule has 1 aliphatic carbocycles. The molecule has 10 heteroatoms. The first-order chi connectivity index (χ1) is 13.2. The third-order valence-electron chi connectivity index (χ3n) is 5.14. The fraction of sp³-hybridized carbons (Fsp3) is 0.556. The Labute approximate surface area is 165 Å². The van der Waals surface area contributed by atoms with E-state index >= 15 is 0 Å². The van der Waals surface area contributed by atoms with Crippen LogP contribution < -0.4 is 11.1 Å². The molecule has 0 unspecified atom stereocenters. The highest BCUT2D eigenvalue weighted by Crippen LogP contribution is 2.35. The van der Waals surface area contributed by atoms with Crippen LogP contribution in [0.25, 0.3) is 0 Å². The number of amides is 3. The van der Waals surface area contributed by atoms with Crippen molar-refractivity contribution in [3.05, 3.63) is 34.6 Å². The van der Waals surface area contributed by atoms with Crippen LogP contribution in [-0.4, -0.2) is 48.1 Å². The summed E-state index contributed by atoms with van der Waals surface area (Å²) in [6.07, 6.45) is -0.451. The Kier molecular flexibility index (Phi) is 6.04. The third-order valence-corrected chi connectivity index (χ3v) is 5.43. The molecule has 0 bridgehead atoms. The first-order valence-electron chi connectivity index (χ1n) is 8.97. The number of halogens is 4. The Morgan fingerprint density at radius 1 is 1.39 bits per heavy atom. The molecule has 0 radical (unpaired) electrons. The highest BCUT2D eigenvalue weighted by atomic mass is 35.5. The summed E-state index contributed by atoms with van der Waals surface area (Å²) >= 11 is 5.87. The summed E-state index contributed by atoms with van der Waals surface area (Å²) < 4.78 is 46.0. The lowest BCUT2D eigenvalue weighted by Crippen LogP contribution is -2.39. The molecule has 1 aliphatic heterocycles. The summed E-state index contributed by atoms with van der Waals surface area (Å²) in [6, 6.07) is 1.96. The van der Waals surface area contributed by atoms with Crippen LogP contribution in [-0.2, 0) is 9.53 Å². The standard InChI is InChI=1S/C18H21ClF3N3O3/c19-12-7-10(1-2-13(12)20)15(25-8-14(16(23)26)24-17(25)27)9-28-11-3-5-18(21,22)6-4-11/h1-2,7,11,14-15H,3-6,8-9H2,(H2,23,26)(H,24,27)/t14-,15+/m0/s1. The van der Waals surface area contributed by atoms with Crippen LogP contribution >= 0.6 is 11.6 Å². The van der Waals surface area contributed by atoms with E-state index in [1.54, 1.807) is 0 Å². The maximum Gasteiger partial charge on any atom is 0.318 e. The molecular weight excluding hydrogens is 399 g/mol. The van der Waals surface area contributed by atoms with Gasteiger partial charge in [-0.05, 0) is 30.5 Å². The van der Waals surface area contributed by atoms with Crippen LogP contribution in [0, 0.1) is 5.82 Å². The first-order valence-corrected chi connectivity index (χ1v) is 9.35. The monoisotopic (exact) mass is 419 g/mol. The number of nitrogens with two attached hydrogens (primary N) is 1. The number of ether oxygens (including phenoxy) is 1. The SMILES string of the molecule is NC(=O)[C@@H]1CN([C@H](COC2CCC(F)(F)CC2)c2ccc(F)c(Cl)c2)C(=O)N1. The van der Waals surface area contributed by atoms with Gasteiger partial charge < -0.3 is 20.7 Å². The average molecular weight is 420 g/mol. The van der Waals surface area contributed by atoms with Crippen LogP contribution in [0.5, 0.6) is 0 Å². The fourth-order valence-electron chi connectivity index (χ4n) is 3.48. The van der Waals surface area contributed by atoms with Gasteiger partial charge in [0.2, 0.25) is 11.8 Å². The van der Waals surface area contributed by atoms with Crippen LogP contribution in [0.1, 0.15) is 37.3 Å². The molecule has 28 heavy (non-hydrogen) atoms. The Hall–Kier alpha value is -2.00. The van der Waals surface area contributed by atoms with Gasteiger partial charge >= 0.3 is 6.03 Å². The Morgan fingerprint density at radius 3 is 2.64 bits per heavy atom. The van der Waals surface area contributed by atoms with Crippen molar-refractivity contribution in [2.45, 2.75) is 49.8 Å². The number of nitrogens with zero attached hydrogens (tertiary/aromatic N) is 1. The number of hydrogen-bond donors (Lipinski definition) is 2. The molecule has 0 aromatic heterocycles. The minimum Gasteiger partial charge on any atom is -0.376 e. The lowest BCUT2D eigenvalue weighted by molar-refractivity contribution is -0.119. The van der Waals surface area contributed by atoms with Crippen molar-refractivity contribution in [3.8, 4) is 0 Å². The number of carbonyl (C=O) groups is 2. The van der Waals surface area contributed by atoms with Gasteiger partial charge in [-0.2, -0.15) is 0 Å². The van der Waals surface area contributed by atoms with E-state index in [1.165, 1.54) is 23.1 Å². The van der Waals surface area contributed by atoms with Gasteiger partial charge in [-0.3, -0.25) is 4.79 Å². The third kappa shape index (κ3) is 4.70. The molecular formula is C18H21ClF3N3O3. The second-order valence-electron chi connectivity index (χ2n) is 7.13. The molecule has 3 N–H and O–H groups in total. The van der Waals surface area contributed by atoms with Crippen molar-refractivity contribution in [3.63, 3.8) is 0 Å². The molecule has 6 nitrogen and oxygen atoms in total. The average Bonchev–Trinajstić information content (AvgIpc) is 3.01. The molecule has 2 atom stereocenters. The lowest BCUT2D eigenvalue weighted by atomic mass is 9.94. The van der Waals surface area contributed by atoms with Gasteiger partial charge in [-0.15, -0.1) is 0 Å². The van der Waals surface area contributed by atoms with E-state index in [4.69, 9.17) is 22.1 Å². The van der Waals surface area contributed by atoms with Gasteiger partial charge in [-0.1, -0.05) is 17.7 Å². The molecule has 2 fully saturated rings. The molecule has 154 valence electrons. The van der Waals surface area contributed by atoms with Gasteiger partial charge in [-0.25, -0.2) is 18.0 Å². The summed E-state index contributed by atoms with van der Waals surface area (Å²) in [6.45, 7) is 0.0109. The van der Waals surface area contributed by atoms with E-state index in [1.807, 2.05) is 0 Å². The molecule has 0 spiro atoms. The van der Waals surface area contributed by atoms with Crippen LogP contribution in [0.4, 0.5) is 18.0 Å². The maximum absolute atomic E-state index is 13.5. The van der Waals surface area contributed by atoms with E-state index < -0.39 is 35.8 Å². The predicted molar refractivity (Wildman–Crippen MR) is 95.5 cm³/mol. The van der Waals surface area contributed by atoms with Crippen molar-refractivity contribution in [1.29, 1.82) is 0 Å². The van der Waals surface area contributed by atoms with Crippen molar-refractivity contribution in [2.24, 2.45) is 5.73 Å². The highest BCUT2D eigenvalue weighted by molar-refractivity contribution is 6.30. The molecule has 3 amide bonds. The van der Waals surface area contributed by atoms with E-state index in [2.05, 4.69) is 5.32 Å². The van der Waals surface area contributed by atoms with Gasteiger partial charge in [0.05, 0.1) is 30.3 Å². The molecule has 2 aliphatic rings. The predicted octanol–water partition coefficient (Wildman–Crippen LogP) is 2.99. The van der Waals surface area contributed by atoms with Crippen LogP contribution in [0.3, 0.4) is 0 Å². The molecule has 1 saturated heterocycles. The largest absolute Gasteiger partial charge is 0.376 e. The zero-order chi connectivity index (χ0) is 20.5. The van der Waals surface area contributed by atoms with E-state index in [-0.39, 0.29) is 50.0 Å². The molecule has 1 heterocycles. The van der Waals surface area contributed by atoms with Gasteiger partial charge in [0, 0.05) is 12.8 Å². The number of nitrogens with one attached hydrogen (secondary N) is 1. The zero-order valence-electron chi connectivity index (χ0n) is 15.0. The van der Waals surface area contributed by atoms with Crippen molar-refractivity contribution in [1.82, 2.24) is 10.2 Å².